The van der Waals surface area contributed by atoms with E-state index in [0.717, 1.165) is 23.7 Å². The second-order valence-electron chi connectivity index (χ2n) is 6.93. The highest BCUT2D eigenvalue weighted by molar-refractivity contribution is 4.21. The van der Waals surface area contributed by atoms with E-state index in [1.165, 1.54) is 0 Å². The van der Waals surface area contributed by atoms with Gasteiger partial charge in [0, 0.05) is 0 Å². The molecule has 0 aliphatic rings. The van der Waals surface area contributed by atoms with Crippen LogP contribution >= 0.6 is 0 Å². The molecule has 0 aromatic carbocycles. The van der Waals surface area contributed by atoms with Crippen LogP contribution in [0.5, 0.6) is 0 Å². The third kappa shape index (κ3) is 0. The summed E-state index contributed by atoms with van der Waals surface area (Å²) in [6.45, 7) is 26.0. The van der Waals surface area contributed by atoms with Gasteiger partial charge in [-0.3, -0.25) is 0 Å². The maximum atomic E-state index is 2.17. The molecule has 0 fully saturated rings. The summed E-state index contributed by atoms with van der Waals surface area (Å²) in [5.41, 5.74) is 0. The Bertz CT molecular complexity index is 43.0. The Hall–Kier alpha value is 0. The minimum atomic E-state index is 0.833. The minimum Gasteiger partial charge on any atom is -0.0630 e. The molecule has 0 spiro atoms. The van der Waals surface area contributed by atoms with Gasteiger partial charge in [-0.2, -0.15) is 0 Å². The van der Waals surface area contributed by atoms with E-state index in [4.69, 9.17) is 0 Å². The molecule has 0 saturated carbocycles. The molecule has 0 aromatic heterocycles. The fourth-order valence-corrected chi connectivity index (χ4v) is 0. The van der Waals surface area contributed by atoms with Gasteiger partial charge >= 0.3 is 0 Å². The molecule has 16 heavy (non-hydrogen) atoms. The van der Waals surface area contributed by atoms with E-state index < -0.39 is 0 Å². The van der Waals surface area contributed by atoms with Crippen LogP contribution in [0.15, 0.2) is 0 Å². The molecule has 104 valence electrons. The van der Waals surface area contributed by atoms with Crippen LogP contribution in [0.1, 0.15) is 83.1 Å². The second kappa shape index (κ2) is 20.4. The Labute approximate surface area is 107 Å². The van der Waals surface area contributed by atoms with Crippen molar-refractivity contribution in [3.8, 4) is 0 Å². The lowest BCUT2D eigenvalue weighted by Gasteiger charge is -1.79. The molecule has 0 radical (unpaired) electrons. The van der Waals surface area contributed by atoms with Gasteiger partial charge in [0.25, 0.3) is 0 Å². The predicted octanol–water partition coefficient (Wildman–Crippen LogP) is 6.65. The maximum absolute atomic E-state index is 2.17. The molecule has 0 nitrogen and oxygen atoms in total. The molecule has 0 unspecified atom stereocenters. The summed E-state index contributed by atoms with van der Waals surface area (Å²) in [6.07, 6.45) is 0. The van der Waals surface area contributed by atoms with Gasteiger partial charge in [0.2, 0.25) is 0 Å². The zero-order valence-corrected chi connectivity index (χ0v) is 14.3. The quantitative estimate of drug-likeness (QED) is 0.438. The van der Waals surface area contributed by atoms with E-state index >= 15 is 0 Å². The van der Waals surface area contributed by atoms with Crippen LogP contribution in [-0.2, 0) is 0 Å². The van der Waals surface area contributed by atoms with Crippen LogP contribution in [0, 0.1) is 23.7 Å². The average molecular weight is 232 g/mol. The Morgan fingerprint density at radius 3 is 0.250 bits per heavy atom. The van der Waals surface area contributed by atoms with Crippen molar-refractivity contribution in [2.45, 2.75) is 83.1 Å². The van der Waals surface area contributed by atoms with Crippen molar-refractivity contribution in [1.29, 1.82) is 0 Å². The Morgan fingerprint density at radius 1 is 0.250 bits per heavy atom. The molecule has 0 aliphatic carbocycles. The fraction of sp³-hybridized carbons (Fsp3) is 1.00. The van der Waals surface area contributed by atoms with E-state index in [1.54, 1.807) is 0 Å². The van der Waals surface area contributed by atoms with E-state index in [2.05, 4.69) is 83.1 Å². The third-order valence-electron chi connectivity index (χ3n) is 0. The lowest BCUT2D eigenvalue weighted by molar-refractivity contribution is 0.736. The first-order valence-electron chi connectivity index (χ1n) is 6.93. The van der Waals surface area contributed by atoms with Crippen molar-refractivity contribution >= 4 is 0 Å². The zero-order valence-electron chi connectivity index (χ0n) is 14.3. The van der Waals surface area contributed by atoms with E-state index in [0.29, 0.717) is 0 Å². The first kappa shape index (κ1) is 25.0. The van der Waals surface area contributed by atoms with Crippen molar-refractivity contribution in [3.05, 3.63) is 0 Å². The third-order valence-corrected chi connectivity index (χ3v) is 0. The van der Waals surface area contributed by atoms with Crippen LogP contribution < -0.4 is 0 Å². The first-order chi connectivity index (χ1) is 6.93. The highest BCUT2D eigenvalue weighted by Crippen LogP contribution is 1.82. The van der Waals surface area contributed by atoms with Crippen molar-refractivity contribution in [2.24, 2.45) is 23.7 Å². The molecule has 0 saturated heterocycles. The normalized spacial score (nSPS) is 9.00. The second-order valence-corrected chi connectivity index (χ2v) is 6.93. The molecule has 0 aliphatic heterocycles. The first-order valence-corrected chi connectivity index (χ1v) is 6.93. The van der Waals surface area contributed by atoms with Crippen LogP contribution in [0.3, 0.4) is 0 Å². The lowest BCUT2D eigenvalue weighted by atomic mass is 10.3. The van der Waals surface area contributed by atoms with Crippen LogP contribution in [0.2, 0.25) is 0 Å². The van der Waals surface area contributed by atoms with Gasteiger partial charge in [0.15, 0.2) is 0 Å². The molecule has 0 N–H and O–H groups in total. The molecule has 0 aromatic rings. The summed E-state index contributed by atoms with van der Waals surface area (Å²) >= 11 is 0. The molecule has 0 heteroatoms. The molecule has 0 bridgehead atoms. The van der Waals surface area contributed by atoms with Crippen molar-refractivity contribution in [1.82, 2.24) is 0 Å². The van der Waals surface area contributed by atoms with Crippen molar-refractivity contribution in [3.63, 3.8) is 0 Å². The van der Waals surface area contributed by atoms with Crippen LogP contribution in [0.25, 0.3) is 0 Å². The SMILES string of the molecule is CC(C)C.CC(C)C.CC(C)C.CC(C)C. The van der Waals surface area contributed by atoms with Crippen molar-refractivity contribution < 1.29 is 0 Å². The number of rotatable bonds is 0. The van der Waals surface area contributed by atoms with Gasteiger partial charge < -0.3 is 0 Å². The van der Waals surface area contributed by atoms with Crippen LogP contribution in [0.4, 0.5) is 0 Å². The number of hydrogen-bond donors (Lipinski definition) is 0. The highest BCUT2D eigenvalue weighted by Gasteiger charge is 1.69. The van der Waals surface area contributed by atoms with Gasteiger partial charge in [-0.05, 0) is 23.7 Å². The van der Waals surface area contributed by atoms with Crippen molar-refractivity contribution in [2.75, 3.05) is 0 Å². The number of hydrogen-bond acceptors (Lipinski definition) is 0. The predicted molar refractivity (Wildman–Crippen MR) is 82.0 cm³/mol. The molecule has 0 heterocycles. The summed E-state index contributed by atoms with van der Waals surface area (Å²) in [4.78, 5) is 0. The van der Waals surface area contributed by atoms with E-state index in [1.807, 2.05) is 0 Å². The monoisotopic (exact) mass is 232 g/mol. The Morgan fingerprint density at radius 2 is 0.250 bits per heavy atom. The average Bonchev–Trinajstić information content (AvgIpc) is 1.76. The largest absolute Gasteiger partial charge is 0.0630 e. The molecule has 0 amide bonds. The van der Waals surface area contributed by atoms with Crippen LogP contribution in [-0.4, -0.2) is 0 Å². The van der Waals surface area contributed by atoms with Gasteiger partial charge in [-0.25, -0.2) is 0 Å². The fourth-order valence-electron chi connectivity index (χ4n) is 0. The lowest BCUT2D eigenvalue weighted by Crippen LogP contribution is -1.66. The van der Waals surface area contributed by atoms with E-state index in [-0.39, 0.29) is 0 Å². The van der Waals surface area contributed by atoms with Gasteiger partial charge in [-0.1, -0.05) is 83.1 Å². The summed E-state index contributed by atoms with van der Waals surface area (Å²) in [5.74, 6) is 3.33. The maximum Gasteiger partial charge on any atom is -0.0500 e. The Kier molecular flexibility index (Phi) is 31.9. The molecular formula is C16H40. The molecule has 0 atom stereocenters. The van der Waals surface area contributed by atoms with Gasteiger partial charge in [0.1, 0.15) is 0 Å². The topological polar surface area (TPSA) is 0 Å². The zero-order chi connectivity index (χ0) is 14.3. The summed E-state index contributed by atoms with van der Waals surface area (Å²) in [5, 5.41) is 0. The molecule has 0 rings (SSSR count). The smallest absolute Gasteiger partial charge is 0.0500 e. The van der Waals surface area contributed by atoms with Gasteiger partial charge in [-0.15, -0.1) is 0 Å². The van der Waals surface area contributed by atoms with Gasteiger partial charge in [0.05, 0.1) is 0 Å². The minimum absolute atomic E-state index is 0.833. The standard InChI is InChI=1S/4C4H10/c4*1-4(2)3/h4*4H,1-3H3. The Balaban J connectivity index is -0.0000000600. The molecular weight excluding hydrogens is 192 g/mol. The van der Waals surface area contributed by atoms with E-state index in [9.17, 15) is 0 Å². The summed E-state index contributed by atoms with van der Waals surface area (Å²) in [6, 6.07) is 0. The highest BCUT2D eigenvalue weighted by atomic mass is 13.8. The summed E-state index contributed by atoms with van der Waals surface area (Å²) < 4.78 is 0. The summed E-state index contributed by atoms with van der Waals surface area (Å²) in [7, 11) is 0.